The van der Waals surface area contributed by atoms with Crippen molar-refractivity contribution in [3.63, 3.8) is 0 Å². The second kappa shape index (κ2) is 9.41. The van der Waals surface area contributed by atoms with Crippen molar-refractivity contribution in [2.75, 3.05) is 13.2 Å². The first-order valence-corrected chi connectivity index (χ1v) is 9.87. The summed E-state index contributed by atoms with van der Waals surface area (Å²) in [6.45, 7) is 6.23. The molecule has 1 heterocycles. The Hall–Kier alpha value is -2.30. The average Bonchev–Trinajstić information content (AvgIpc) is 3.17. The second-order valence-corrected chi connectivity index (χ2v) is 7.13. The van der Waals surface area contributed by atoms with E-state index in [4.69, 9.17) is 9.47 Å². The first-order chi connectivity index (χ1) is 12.7. The number of hydrogen-bond donors (Lipinski definition) is 1. The molecule has 136 valence electrons. The molecule has 0 saturated carbocycles. The zero-order valence-corrected chi connectivity index (χ0v) is 16.1. The molecule has 3 aromatic rings. The molecule has 0 fully saturated rings. The van der Waals surface area contributed by atoms with Gasteiger partial charge in [-0.25, -0.2) is 0 Å². The highest BCUT2D eigenvalue weighted by molar-refractivity contribution is 7.08. The van der Waals surface area contributed by atoms with Gasteiger partial charge in [0.25, 0.3) is 0 Å². The van der Waals surface area contributed by atoms with Crippen LogP contribution in [-0.4, -0.2) is 19.3 Å². The molecule has 0 aliphatic heterocycles. The number of thiophene rings is 1. The van der Waals surface area contributed by atoms with Crippen molar-refractivity contribution in [2.45, 2.75) is 26.5 Å². The minimum atomic E-state index is 0.133. The quantitative estimate of drug-likeness (QED) is 0.516. The van der Waals surface area contributed by atoms with E-state index in [1.165, 1.54) is 16.7 Å². The van der Waals surface area contributed by atoms with Gasteiger partial charge in [0, 0.05) is 13.1 Å². The fourth-order valence-electron chi connectivity index (χ4n) is 2.68. The van der Waals surface area contributed by atoms with Crippen molar-refractivity contribution in [3.05, 3.63) is 70.9 Å². The Morgan fingerprint density at radius 3 is 2.58 bits per heavy atom. The van der Waals surface area contributed by atoms with Crippen molar-refractivity contribution in [2.24, 2.45) is 0 Å². The highest BCUT2D eigenvalue weighted by atomic mass is 32.1. The summed E-state index contributed by atoms with van der Waals surface area (Å²) in [4.78, 5) is 0. The monoisotopic (exact) mass is 367 g/mol. The van der Waals surface area contributed by atoms with E-state index < -0.39 is 0 Å². The van der Waals surface area contributed by atoms with Crippen LogP contribution in [0.1, 0.15) is 19.4 Å². The molecule has 26 heavy (non-hydrogen) atoms. The van der Waals surface area contributed by atoms with Crippen molar-refractivity contribution in [3.8, 4) is 22.6 Å². The zero-order chi connectivity index (χ0) is 18.2. The van der Waals surface area contributed by atoms with Gasteiger partial charge in [-0.05, 0) is 65.6 Å². The van der Waals surface area contributed by atoms with Crippen molar-refractivity contribution in [1.29, 1.82) is 0 Å². The molecule has 4 heteroatoms. The predicted molar refractivity (Wildman–Crippen MR) is 109 cm³/mol. The number of ether oxygens (including phenoxy) is 2. The first kappa shape index (κ1) is 18.5. The molecule has 0 spiro atoms. The smallest absolute Gasteiger partial charge is 0.161 e. The van der Waals surface area contributed by atoms with E-state index in [1.807, 2.05) is 38.1 Å². The second-order valence-electron chi connectivity index (χ2n) is 6.35. The fraction of sp³-hybridized carbons (Fsp3) is 0.273. The molecule has 2 aromatic carbocycles. The van der Waals surface area contributed by atoms with E-state index >= 15 is 0 Å². The van der Waals surface area contributed by atoms with Gasteiger partial charge in [-0.1, -0.05) is 30.3 Å². The predicted octanol–water partition coefficient (Wildman–Crippen LogP) is 5.37. The zero-order valence-electron chi connectivity index (χ0n) is 15.3. The van der Waals surface area contributed by atoms with Crippen LogP contribution in [0.2, 0.25) is 0 Å². The molecule has 0 unspecified atom stereocenters. The van der Waals surface area contributed by atoms with Gasteiger partial charge in [0.05, 0.1) is 6.10 Å². The lowest BCUT2D eigenvalue weighted by Crippen LogP contribution is -2.20. The topological polar surface area (TPSA) is 30.5 Å². The van der Waals surface area contributed by atoms with Crippen molar-refractivity contribution >= 4 is 11.3 Å². The van der Waals surface area contributed by atoms with Gasteiger partial charge in [0.15, 0.2) is 11.5 Å². The van der Waals surface area contributed by atoms with Gasteiger partial charge in [0.1, 0.15) is 6.61 Å². The van der Waals surface area contributed by atoms with E-state index in [-0.39, 0.29) is 6.10 Å². The number of hydrogen-bond acceptors (Lipinski definition) is 4. The minimum absolute atomic E-state index is 0.133. The van der Waals surface area contributed by atoms with Crippen LogP contribution < -0.4 is 14.8 Å². The summed E-state index contributed by atoms with van der Waals surface area (Å²) in [5.74, 6) is 1.59. The van der Waals surface area contributed by atoms with Gasteiger partial charge in [-0.2, -0.15) is 11.3 Å². The Morgan fingerprint density at radius 2 is 1.81 bits per heavy atom. The molecule has 3 rings (SSSR count). The lowest BCUT2D eigenvalue weighted by Gasteiger charge is -2.15. The van der Waals surface area contributed by atoms with E-state index in [0.29, 0.717) is 6.61 Å². The molecule has 0 aliphatic rings. The third-order valence-corrected chi connectivity index (χ3v) is 4.54. The third kappa shape index (κ3) is 5.35. The largest absolute Gasteiger partial charge is 0.488 e. The maximum Gasteiger partial charge on any atom is 0.161 e. The number of nitrogens with one attached hydrogen (secondary N) is 1. The normalized spacial score (nSPS) is 10.9. The van der Waals surface area contributed by atoms with Crippen LogP contribution in [0.15, 0.2) is 65.4 Å². The molecule has 3 nitrogen and oxygen atoms in total. The van der Waals surface area contributed by atoms with Crippen LogP contribution in [0, 0.1) is 0 Å². The molecule has 1 N–H and O–H groups in total. The van der Waals surface area contributed by atoms with E-state index in [0.717, 1.165) is 24.6 Å². The van der Waals surface area contributed by atoms with E-state index in [9.17, 15) is 0 Å². The lowest BCUT2D eigenvalue weighted by atomic mass is 10.1. The standard InChI is InChI=1S/C22H25NO2S/c1-17(2)25-22-9-4-3-8-21(22)24-12-11-23-15-18-6-5-7-19(14-18)20-10-13-26-16-20/h3-10,13-14,16-17,23H,11-12,15H2,1-2H3. The van der Waals surface area contributed by atoms with Crippen LogP contribution in [-0.2, 0) is 6.54 Å². The fourth-order valence-corrected chi connectivity index (χ4v) is 3.34. The molecule has 0 bridgehead atoms. The molecule has 0 saturated heterocycles. The van der Waals surface area contributed by atoms with Crippen LogP contribution in [0.25, 0.3) is 11.1 Å². The summed E-state index contributed by atoms with van der Waals surface area (Å²) in [6, 6.07) is 18.6. The molecule has 0 amide bonds. The number of rotatable bonds is 9. The third-order valence-electron chi connectivity index (χ3n) is 3.86. The Labute approximate surface area is 159 Å². The van der Waals surface area contributed by atoms with E-state index in [1.54, 1.807) is 11.3 Å². The van der Waals surface area contributed by atoms with Crippen LogP contribution in [0.3, 0.4) is 0 Å². The van der Waals surface area contributed by atoms with Crippen LogP contribution in [0.4, 0.5) is 0 Å². The number of benzene rings is 2. The first-order valence-electron chi connectivity index (χ1n) is 8.93. The molecule has 1 aromatic heterocycles. The van der Waals surface area contributed by atoms with Gasteiger partial charge in [-0.3, -0.25) is 0 Å². The Kier molecular flexibility index (Phi) is 6.69. The molecular weight excluding hydrogens is 342 g/mol. The molecule has 0 radical (unpaired) electrons. The minimum Gasteiger partial charge on any atom is -0.488 e. The lowest BCUT2D eigenvalue weighted by molar-refractivity contribution is 0.221. The molecule has 0 atom stereocenters. The van der Waals surface area contributed by atoms with Crippen LogP contribution >= 0.6 is 11.3 Å². The maximum atomic E-state index is 5.87. The molecular formula is C22H25NO2S. The summed E-state index contributed by atoms with van der Waals surface area (Å²) in [7, 11) is 0. The van der Waals surface area contributed by atoms with Gasteiger partial charge in [-0.15, -0.1) is 0 Å². The highest BCUT2D eigenvalue weighted by Gasteiger charge is 2.06. The van der Waals surface area contributed by atoms with Crippen LogP contribution in [0.5, 0.6) is 11.5 Å². The van der Waals surface area contributed by atoms with Crippen molar-refractivity contribution in [1.82, 2.24) is 5.32 Å². The Bertz CT molecular complexity index is 799. The highest BCUT2D eigenvalue weighted by Crippen LogP contribution is 2.27. The average molecular weight is 368 g/mol. The Balaban J connectivity index is 1.46. The maximum absolute atomic E-state index is 5.87. The van der Waals surface area contributed by atoms with Crippen molar-refractivity contribution < 1.29 is 9.47 Å². The Morgan fingerprint density at radius 1 is 0.962 bits per heavy atom. The SMILES string of the molecule is CC(C)Oc1ccccc1OCCNCc1cccc(-c2ccsc2)c1. The number of para-hydroxylation sites is 2. The van der Waals surface area contributed by atoms with Gasteiger partial charge in [0.2, 0.25) is 0 Å². The summed E-state index contributed by atoms with van der Waals surface area (Å²) in [6.07, 6.45) is 0.133. The van der Waals surface area contributed by atoms with Gasteiger partial charge >= 0.3 is 0 Å². The van der Waals surface area contributed by atoms with Gasteiger partial charge < -0.3 is 14.8 Å². The summed E-state index contributed by atoms with van der Waals surface area (Å²) >= 11 is 1.72. The van der Waals surface area contributed by atoms with E-state index in [2.05, 4.69) is 46.4 Å². The summed E-state index contributed by atoms with van der Waals surface area (Å²) < 4.78 is 11.6. The summed E-state index contributed by atoms with van der Waals surface area (Å²) in [5.41, 5.74) is 3.82. The molecule has 0 aliphatic carbocycles. The summed E-state index contributed by atoms with van der Waals surface area (Å²) in [5, 5.41) is 7.73.